The van der Waals surface area contributed by atoms with Crippen molar-refractivity contribution in [3.8, 4) is 5.75 Å². The van der Waals surface area contributed by atoms with Crippen LogP contribution < -0.4 is 15.0 Å². The number of carbonyl (C=O) groups excluding carboxylic acids is 2. The fraction of sp³-hybridized carbons (Fsp3) is 0.120. The Morgan fingerprint density at radius 3 is 2.17 bits per heavy atom. The molecule has 150 valence electrons. The predicted molar refractivity (Wildman–Crippen MR) is 118 cm³/mol. The number of hydrogen-bond donors (Lipinski definition) is 1. The fourth-order valence-electron chi connectivity index (χ4n) is 3.53. The zero-order chi connectivity index (χ0) is 21.3. The van der Waals surface area contributed by atoms with Gasteiger partial charge in [0.1, 0.15) is 11.4 Å². The highest BCUT2D eigenvalue weighted by Gasteiger charge is 2.40. The van der Waals surface area contributed by atoms with Gasteiger partial charge >= 0.3 is 0 Å². The number of carbonyl (C=O) groups is 2. The zero-order valence-electron chi connectivity index (χ0n) is 17.1. The Morgan fingerprint density at radius 1 is 0.800 bits per heavy atom. The number of amides is 2. The summed E-state index contributed by atoms with van der Waals surface area (Å²) in [5, 5.41) is 3.17. The summed E-state index contributed by atoms with van der Waals surface area (Å²) in [6.07, 6.45) is 0. The van der Waals surface area contributed by atoms with Crippen LogP contribution in [0.3, 0.4) is 0 Å². The molecular formula is C25H22N2O3. The number of methoxy groups -OCH3 is 1. The highest BCUT2D eigenvalue weighted by molar-refractivity contribution is 6.46. The van der Waals surface area contributed by atoms with E-state index in [1.165, 1.54) is 4.90 Å². The van der Waals surface area contributed by atoms with Gasteiger partial charge in [0, 0.05) is 5.69 Å². The molecule has 1 heterocycles. The normalized spacial score (nSPS) is 13.8. The summed E-state index contributed by atoms with van der Waals surface area (Å²) < 4.78 is 5.20. The van der Waals surface area contributed by atoms with Gasteiger partial charge in [-0.05, 0) is 60.9 Å². The average Bonchev–Trinajstić information content (AvgIpc) is 3.01. The van der Waals surface area contributed by atoms with E-state index in [2.05, 4.69) is 5.32 Å². The monoisotopic (exact) mass is 398 g/mol. The molecule has 30 heavy (non-hydrogen) atoms. The molecule has 4 rings (SSSR count). The number of benzene rings is 3. The lowest BCUT2D eigenvalue weighted by Crippen LogP contribution is -2.33. The molecular weight excluding hydrogens is 376 g/mol. The third kappa shape index (κ3) is 3.35. The predicted octanol–water partition coefficient (Wildman–Crippen LogP) is 4.71. The van der Waals surface area contributed by atoms with E-state index >= 15 is 0 Å². The third-order valence-electron chi connectivity index (χ3n) is 5.32. The van der Waals surface area contributed by atoms with Crippen LogP contribution in [0.15, 0.2) is 78.5 Å². The summed E-state index contributed by atoms with van der Waals surface area (Å²) in [7, 11) is 1.60. The summed E-state index contributed by atoms with van der Waals surface area (Å²) in [6.45, 7) is 3.88. The van der Waals surface area contributed by atoms with Crippen LogP contribution in [0.1, 0.15) is 16.7 Å². The Morgan fingerprint density at radius 2 is 1.50 bits per heavy atom. The first kappa shape index (κ1) is 19.5. The van der Waals surface area contributed by atoms with Crippen LogP contribution in [0.2, 0.25) is 0 Å². The molecule has 0 saturated heterocycles. The number of imide groups is 1. The Kier molecular flexibility index (Phi) is 5.11. The minimum absolute atomic E-state index is 0.261. The van der Waals surface area contributed by atoms with E-state index < -0.39 is 0 Å². The molecule has 0 bridgehead atoms. The summed E-state index contributed by atoms with van der Waals surface area (Å²) >= 11 is 0. The van der Waals surface area contributed by atoms with Gasteiger partial charge < -0.3 is 10.1 Å². The maximum Gasteiger partial charge on any atom is 0.282 e. The van der Waals surface area contributed by atoms with Crippen LogP contribution >= 0.6 is 0 Å². The number of aryl methyl sites for hydroxylation is 1. The molecule has 5 heteroatoms. The largest absolute Gasteiger partial charge is 0.497 e. The Balaban J connectivity index is 1.81. The topological polar surface area (TPSA) is 58.6 Å². The van der Waals surface area contributed by atoms with Gasteiger partial charge in [-0.3, -0.25) is 9.59 Å². The number of hydrogen-bond acceptors (Lipinski definition) is 4. The molecule has 3 aromatic carbocycles. The smallest absolute Gasteiger partial charge is 0.282 e. The molecule has 1 aliphatic heterocycles. The van der Waals surface area contributed by atoms with Crippen molar-refractivity contribution in [1.29, 1.82) is 0 Å². The molecule has 3 aromatic rings. The van der Waals surface area contributed by atoms with Gasteiger partial charge in [0.05, 0.1) is 18.4 Å². The van der Waals surface area contributed by atoms with Crippen molar-refractivity contribution in [3.63, 3.8) is 0 Å². The summed E-state index contributed by atoms with van der Waals surface area (Å²) in [4.78, 5) is 28.2. The summed E-state index contributed by atoms with van der Waals surface area (Å²) in [5.74, 6) is 0.00271. The highest BCUT2D eigenvalue weighted by Crippen LogP contribution is 2.35. The highest BCUT2D eigenvalue weighted by atomic mass is 16.5. The molecule has 1 aliphatic rings. The van der Waals surface area contributed by atoms with Gasteiger partial charge in [-0.15, -0.1) is 0 Å². The fourth-order valence-corrected chi connectivity index (χ4v) is 3.53. The second kappa shape index (κ2) is 7.87. The van der Waals surface area contributed by atoms with E-state index in [4.69, 9.17) is 4.74 Å². The van der Waals surface area contributed by atoms with Crippen molar-refractivity contribution < 1.29 is 14.3 Å². The molecule has 1 N–H and O–H groups in total. The first-order valence-electron chi connectivity index (χ1n) is 9.67. The number of nitrogens with one attached hydrogen (secondary N) is 1. The van der Waals surface area contributed by atoms with E-state index in [1.807, 2.05) is 68.4 Å². The number of ether oxygens (including phenoxy) is 1. The molecule has 0 atom stereocenters. The number of nitrogens with zero attached hydrogens (tertiary/aromatic N) is 1. The molecule has 5 nitrogen and oxygen atoms in total. The maximum absolute atomic E-state index is 13.5. The second-order valence-electron chi connectivity index (χ2n) is 7.13. The van der Waals surface area contributed by atoms with Gasteiger partial charge in [0.25, 0.3) is 11.8 Å². The van der Waals surface area contributed by atoms with Crippen LogP contribution in [-0.2, 0) is 9.59 Å². The van der Waals surface area contributed by atoms with Crippen molar-refractivity contribution >= 4 is 28.8 Å². The SMILES string of the molecule is COc1ccc(NC2=C(c3ccccc3)C(=O)N(c3cccc(C)c3C)C2=O)cc1. The zero-order valence-corrected chi connectivity index (χ0v) is 17.1. The first-order chi connectivity index (χ1) is 14.5. The molecule has 0 aromatic heterocycles. The molecule has 2 amide bonds. The Hall–Kier alpha value is -3.86. The molecule has 0 fully saturated rings. The van der Waals surface area contributed by atoms with Gasteiger partial charge in [-0.2, -0.15) is 0 Å². The van der Waals surface area contributed by atoms with Crippen molar-refractivity contribution in [3.05, 3.63) is 95.2 Å². The lowest BCUT2D eigenvalue weighted by Gasteiger charge is -2.19. The van der Waals surface area contributed by atoms with Crippen LogP contribution in [-0.4, -0.2) is 18.9 Å². The van der Waals surface area contributed by atoms with Crippen LogP contribution in [0.25, 0.3) is 5.57 Å². The molecule has 0 saturated carbocycles. The van der Waals surface area contributed by atoms with E-state index in [1.54, 1.807) is 25.3 Å². The van der Waals surface area contributed by atoms with E-state index in [0.29, 0.717) is 28.3 Å². The number of anilines is 2. The number of rotatable bonds is 5. The van der Waals surface area contributed by atoms with Crippen molar-refractivity contribution in [1.82, 2.24) is 0 Å². The Labute approximate surface area is 175 Å². The molecule has 0 unspecified atom stereocenters. The second-order valence-corrected chi connectivity index (χ2v) is 7.13. The third-order valence-corrected chi connectivity index (χ3v) is 5.32. The quantitative estimate of drug-likeness (QED) is 0.633. The van der Waals surface area contributed by atoms with Crippen molar-refractivity contribution in [2.24, 2.45) is 0 Å². The molecule has 0 radical (unpaired) electrons. The summed E-state index contributed by atoms with van der Waals surface area (Å²) in [6, 6.07) is 22.1. The van der Waals surface area contributed by atoms with Gasteiger partial charge in [-0.1, -0.05) is 42.5 Å². The van der Waals surface area contributed by atoms with Gasteiger partial charge in [0.15, 0.2) is 0 Å². The van der Waals surface area contributed by atoms with Crippen LogP contribution in [0, 0.1) is 13.8 Å². The van der Waals surface area contributed by atoms with Crippen LogP contribution in [0.5, 0.6) is 5.75 Å². The lowest BCUT2D eigenvalue weighted by atomic mass is 10.0. The molecule has 0 spiro atoms. The Bertz CT molecular complexity index is 1150. The van der Waals surface area contributed by atoms with E-state index in [-0.39, 0.29) is 17.5 Å². The van der Waals surface area contributed by atoms with Crippen molar-refractivity contribution in [2.45, 2.75) is 13.8 Å². The van der Waals surface area contributed by atoms with E-state index in [9.17, 15) is 9.59 Å². The summed E-state index contributed by atoms with van der Waals surface area (Å²) in [5.41, 5.74) is 4.53. The standard InChI is InChI=1S/C25H22N2O3/c1-16-8-7-11-21(17(16)2)27-24(28)22(18-9-5-4-6-10-18)23(25(27)29)26-19-12-14-20(30-3)15-13-19/h4-15,26H,1-3H3. The lowest BCUT2D eigenvalue weighted by molar-refractivity contribution is -0.120. The minimum Gasteiger partial charge on any atom is -0.497 e. The van der Waals surface area contributed by atoms with Gasteiger partial charge in [0.2, 0.25) is 0 Å². The van der Waals surface area contributed by atoms with Crippen LogP contribution in [0.4, 0.5) is 11.4 Å². The van der Waals surface area contributed by atoms with E-state index in [0.717, 1.165) is 11.1 Å². The minimum atomic E-state index is -0.372. The van der Waals surface area contributed by atoms with Gasteiger partial charge in [-0.25, -0.2) is 4.90 Å². The molecule has 0 aliphatic carbocycles. The first-order valence-corrected chi connectivity index (χ1v) is 9.67. The average molecular weight is 398 g/mol. The van der Waals surface area contributed by atoms with Crippen molar-refractivity contribution in [2.75, 3.05) is 17.3 Å². The maximum atomic E-state index is 13.5.